The standard InChI is InChI=1S/C18H26N2O2/c1-3-17(22)20(16-8-5-4-6-9-16)18(2)10-13-19(14-11-18)12-7-15-21/h4-6,8-9,15H,3,7,10-14H2,1-2H3. The molecule has 0 N–H and O–H groups in total. The number of amides is 1. The minimum absolute atomic E-state index is 0.147. The molecule has 1 saturated heterocycles. The molecule has 1 aromatic carbocycles. The summed E-state index contributed by atoms with van der Waals surface area (Å²) >= 11 is 0. The van der Waals surface area contributed by atoms with E-state index in [1.807, 2.05) is 42.2 Å². The van der Waals surface area contributed by atoms with Gasteiger partial charge in [0.15, 0.2) is 0 Å². The number of carbonyl (C=O) groups excluding carboxylic acids is 2. The van der Waals surface area contributed by atoms with Crippen LogP contribution in [0.2, 0.25) is 0 Å². The Kier molecular flexibility index (Phi) is 5.72. The molecule has 22 heavy (non-hydrogen) atoms. The lowest BCUT2D eigenvalue weighted by Crippen LogP contribution is -2.56. The summed E-state index contributed by atoms with van der Waals surface area (Å²) in [6.45, 7) is 6.80. The van der Waals surface area contributed by atoms with Crippen LogP contribution in [0.3, 0.4) is 0 Å². The largest absolute Gasteiger partial charge is 0.307 e. The topological polar surface area (TPSA) is 40.6 Å². The Balaban J connectivity index is 2.14. The van der Waals surface area contributed by atoms with Gasteiger partial charge in [-0.1, -0.05) is 25.1 Å². The maximum atomic E-state index is 12.5. The number of carbonyl (C=O) groups is 2. The van der Waals surface area contributed by atoms with Crippen molar-refractivity contribution >= 4 is 17.9 Å². The fourth-order valence-corrected chi connectivity index (χ4v) is 3.21. The number of para-hydroxylation sites is 1. The predicted molar refractivity (Wildman–Crippen MR) is 89.0 cm³/mol. The van der Waals surface area contributed by atoms with Crippen LogP contribution >= 0.6 is 0 Å². The van der Waals surface area contributed by atoms with E-state index in [0.29, 0.717) is 12.8 Å². The molecule has 0 bridgehead atoms. The van der Waals surface area contributed by atoms with E-state index in [2.05, 4.69) is 11.8 Å². The van der Waals surface area contributed by atoms with E-state index < -0.39 is 0 Å². The first-order valence-electron chi connectivity index (χ1n) is 8.15. The van der Waals surface area contributed by atoms with Crippen LogP contribution in [-0.2, 0) is 9.59 Å². The second-order valence-electron chi connectivity index (χ2n) is 6.21. The van der Waals surface area contributed by atoms with Crippen molar-refractivity contribution in [3.8, 4) is 0 Å². The van der Waals surface area contributed by atoms with Crippen LogP contribution in [0.5, 0.6) is 0 Å². The molecule has 0 atom stereocenters. The third-order valence-electron chi connectivity index (χ3n) is 4.60. The number of rotatable bonds is 6. The molecule has 4 nitrogen and oxygen atoms in total. The number of hydrogen-bond donors (Lipinski definition) is 0. The molecule has 1 aliphatic rings. The van der Waals surface area contributed by atoms with Crippen LogP contribution in [0, 0.1) is 0 Å². The van der Waals surface area contributed by atoms with Crippen LogP contribution in [0.4, 0.5) is 5.69 Å². The first-order chi connectivity index (χ1) is 10.6. The molecule has 0 radical (unpaired) electrons. The van der Waals surface area contributed by atoms with Gasteiger partial charge in [-0.25, -0.2) is 0 Å². The van der Waals surface area contributed by atoms with Gasteiger partial charge in [-0.3, -0.25) is 4.79 Å². The third-order valence-corrected chi connectivity index (χ3v) is 4.60. The van der Waals surface area contributed by atoms with Crippen LogP contribution in [-0.4, -0.2) is 42.3 Å². The molecule has 1 aliphatic heterocycles. The fraction of sp³-hybridized carbons (Fsp3) is 0.556. The van der Waals surface area contributed by atoms with Crippen LogP contribution in [0.25, 0.3) is 0 Å². The van der Waals surface area contributed by atoms with Crippen molar-refractivity contribution in [2.75, 3.05) is 24.5 Å². The van der Waals surface area contributed by atoms with Gasteiger partial charge in [0.25, 0.3) is 0 Å². The molecule has 0 unspecified atom stereocenters. The van der Waals surface area contributed by atoms with Crippen molar-refractivity contribution in [3.05, 3.63) is 30.3 Å². The molecule has 1 aromatic rings. The lowest BCUT2D eigenvalue weighted by molar-refractivity contribution is -0.119. The molecule has 0 aliphatic carbocycles. The smallest absolute Gasteiger partial charge is 0.227 e. The van der Waals surface area contributed by atoms with Gasteiger partial charge in [0, 0.05) is 43.7 Å². The molecule has 2 rings (SSSR count). The van der Waals surface area contributed by atoms with Gasteiger partial charge in [-0.15, -0.1) is 0 Å². The Morgan fingerprint density at radius 3 is 2.45 bits per heavy atom. The van der Waals surface area contributed by atoms with Gasteiger partial charge in [-0.2, -0.15) is 0 Å². The van der Waals surface area contributed by atoms with E-state index in [0.717, 1.165) is 44.4 Å². The lowest BCUT2D eigenvalue weighted by atomic mass is 9.86. The highest BCUT2D eigenvalue weighted by molar-refractivity contribution is 5.94. The van der Waals surface area contributed by atoms with Crippen LogP contribution < -0.4 is 4.90 Å². The number of likely N-dealkylation sites (tertiary alicyclic amines) is 1. The predicted octanol–water partition coefficient (Wildman–Crippen LogP) is 2.87. The zero-order valence-corrected chi connectivity index (χ0v) is 13.6. The lowest BCUT2D eigenvalue weighted by Gasteiger charge is -2.46. The summed E-state index contributed by atoms with van der Waals surface area (Å²) in [7, 11) is 0. The van der Waals surface area contributed by atoms with Crippen molar-refractivity contribution < 1.29 is 9.59 Å². The van der Waals surface area contributed by atoms with Crippen molar-refractivity contribution in [2.45, 2.75) is 45.1 Å². The third kappa shape index (κ3) is 3.74. The van der Waals surface area contributed by atoms with Gasteiger partial charge in [0.05, 0.1) is 0 Å². The monoisotopic (exact) mass is 302 g/mol. The Bertz CT molecular complexity index is 493. The van der Waals surface area contributed by atoms with Crippen molar-refractivity contribution in [1.82, 2.24) is 4.90 Å². The second-order valence-corrected chi connectivity index (χ2v) is 6.21. The Morgan fingerprint density at radius 2 is 1.91 bits per heavy atom. The van der Waals surface area contributed by atoms with E-state index in [1.165, 1.54) is 0 Å². The van der Waals surface area contributed by atoms with Gasteiger partial charge in [-0.05, 0) is 31.9 Å². The van der Waals surface area contributed by atoms with Crippen molar-refractivity contribution in [1.29, 1.82) is 0 Å². The zero-order valence-electron chi connectivity index (χ0n) is 13.6. The molecule has 1 fully saturated rings. The Labute approximate surface area is 133 Å². The summed E-state index contributed by atoms with van der Waals surface area (Å²) in [6.07, 6.45) is 3.95. The summed E-state index contributed by atoms with van der Waals surface area (Å²) in [5.41, 5.74) is 0.838. The van der Waals surface area contributed by atoms with E-state index in [1.54, 1.807) is 0 Å². The summed E-state index contributed by atoms with van der Waals surface area (Å²) in [4.78, 5) is 27.4. The molecular formula is C18H26N2O2. The zero-order chi connectivity index (χ0) is 16.0. The van der Waals surface area contributed by atoms with E-state index in [-0.39, 0.29) is 11.4 Å². The fourth-order valence-electron chi connectivity index (χ4n) is 3.21. The number of piperidine rings is 1. The van der Waals surface area contributed by atoms with Gasteiger partial charge in [0.2, 0.25) is 5.91 Å². The van der Waals surface area contributed by atoms with Gasteiger partial charge in [0.1, 0.15) is 6.29 Å². The maximum absolute atomic E-state index is 12.5. The molecule has 1 amide bonds. The second kappa shape index (κ2) is 7.54. The number of nitrogens with zero attached hydrogens (tertiary/aromatic N) is 2. The first kappa shape index (κ1) is 16.7. The van der Waals surface area contributed by atoms with Crippen LogP contribution in [0.1, 0.15) is 39.5 Å². The summed E-state index contributed by atoms with van der Waals surface area (Å²) in [6, 6.07) is 9.96. The number of anilines is 1. The molecule has 0 spiro atoms. The molecule has 0 aromatic heterocycles. The first-order valence-corrected chi connectivity index (χ1v) is 8.15. The highest BCUT2D eigenvalue weighted by Crippen LogP contribution is 2.33. The van der Waals surface area contributed by atoms with E-state index >= 15 is 0 Å². The minimum Gasteiger partial charge on any atom is -0.307 e. The minimum atomic E-state index is -0.147. The van der Waals surface area contributed by atoms with Crippen molar-refractivity contribution in [3.63, 3.8) is 0 Å². The molecular weight excluding hydrogens is 276 g/mol. The average molecular weight is 302 g/mol. The van der Waals surface area contributed by atoms with E-state index in [9.17, 15) is 9.59 Å². The van der Waals surface area contributed by atoms with Gasteiger partial charge >= 0.3 is 0 Å². The Hall–Kier alpha value is -1.68. The quantitative estimate of drug-likeness (QED) is 0.759. The molecule has 0 saturated carbocycles. The molecule has 120 valence electrons. The SMILES string of the molecule is CCC(=O)N(c1ccccc1)C1(C)CCN(CCC=O)CC1. The number of benzene rings is 1. The molecule has 4 heteroatoms. The number of hydrogen-bond acceptors (Lipinski definition) is 3. The highest BCUT2D eigenvalue weighted by atomic mass is 16.2. The Morgan fingerprint density at radius 1 is 1.27 bits per heavy atom. The van der Waals surface area contributed by atoms with Crippen LogP contribution in [0.15, 0.2) is 30.3 Å². The average Bonchev–Trinajstić information content (AvgIpc) is 2.55. The summed E-state index contributed by atoms with van der Waals surface area (Å²) < 4.78 is 0. The van der Waals surface area contributed by atoms with Gasteiger partial charge < -0.3 is 14.6 Å². The molecule has 1 heterocycles. The number of aldehydes is 1. The normalized spacial score (nSPS) is 17.9. The highest BCUT2D eigenvalue weighted by Gasteiger charge is 2.38. The van der Waals surface area contributed by atoms with E-state index in [4.69, 9.17) is 0 Å². The van der Waals surface area contributed by atoms with Crippen molar-refractivity contribution in [2.24, 2.45) is 0 Å². The maximum Gasteiger partial charge on any atom is 0.227 e. The summed E-state index contributed by atoms with van der Waals surface area (Å²) in [5.74, 6) is 0.176. The summed E-state index contributed by atoms with van der Waals surface area (Å²) in [5, 5.41) is 0.